The Morgan fingerprint density at radius 1 is 1.12 bits per heavy atom. The smallest absolute Gasteiger partial charge is 0.246 e. The van der Waals surface area contributed by atoms with Crippen molar-refractivity contribution in [3.05, 3.63) is 48.0 Å². The highest BCUT2D eigenvalue weighted by molar-refractivity contribution is 5.97. The van der Waals surface area contributed by atoms with Gasteiger partial charge in [0.25, 0.3) is 0 Å². The molecule has 134 valence electrons. The SMILES string of the molecule is COc1ccc(NC(C)=O)cc1N[C@H](C)C(=O)Nc1ccccc1C#N. The fourth-order valence-corrected chi connectivity index (χ4v) is 2.33. The molecule has 0 spiro atoms. The number of nitriles is 1. The highest BCUT2D eigenvalue weighted by Gasteiger charge is 2.16. The zero-order valence-electron chi connectivity index (χ0n) is 14.8. The van der Waals surface area contributed by atoms with Gasteiger partial charge in [-0.1, -0.05) is 12.1 Å². The average molecular weight is 352 g/mol. The van der Waals surface area contributed by atoms with Crippen molar-refractivity contribution in [3.63, 3.8) is 0 Å². The first kappa shape index (κ1) is 18.8. The number of rotatable bonds is 6. The summed E-state index contributed by atoms with van der Waals surface area (Å²) in [6, 6.07) is 13.3. The summed E-state index contributed by atoms with van der Waals surface area (Å²) in [5.41, 5.74) is 1.99. The fraction of sp³-hybridized carbons (Fsp3) is 0.211. The number of amides is 2. The van der Waals surface area contributed by atoms with Crippen LogP contribution in [-0.4, -0.2) is 25.0 Å². The summed E-state index contributed by atoms with van der Waals surface area (Å²) >= 11 is 0. The molecule has 0 aliphatic carbocycles. The van der Waals surface area contributed by atoms with E-state index in [1.165, 1.54) is 14.0 Å². The zero-order valence-corrected chi connectivity index (χ0v) is 14.8. The molecule has 2 amide bonds. The minimum absolute atomic E-state index is 0.194. The van der Waals surface area contributed by atoms with E-state index in [1.54, 1.807) is 49.4 Å². The average Bonchev–Trinajstić information content (AvgIpc) is 2.61. The van der Waals surface area contributed by atoms with Crippen molar-refractivity contribution in [3.8, 4) is 11.8 Å². The summed E-state index contributed by atoms with van der Waals surface area (Å²) in [5, 5.41) is 17.6. The number of ether oxygens (including phenoxy) is 1. The lowest BCUT2D eigenvalue weighted by Crippen LogP contribution is -2.32. The van der Waals surface area contributed by atoms with Crippen molar-refractivity contribution >= 4 is 28.9 Å². The number of benzene rings is 2. The van der Waals surface area contributed by atoms with Gasteiger partial charge >= 0.3 is 0 Å². The highest BCUT2D eigenvalue weighted by atomic mass is 16.5. The first-order chi connectivity index (χ1) is 12.4. The van der Waals surface area contributed by atoms with E-state index in [1.807, 2.05) is 6.07 Å². The number of carbonyl (C=O) groups is 2. The number of anilines is 3. The summed E-state index contributed by atoms with van der Waals surface area (Å²) in [5.74, 6) is 0.0379. The van der Waals surface area contributed by atoms with Gasteiger partial charge in [0.15, 0.2) is 0 Å². The van der Waals surface area contributed by atoms with Crippen LogP contribution in [0.1, 0.15) is 19.4 Å². The number of nitrogens with one attached hydrogen (secondary N) is 3. The van der Waals surface area contributed by atoms with E-state index < -0.39 is 6.04 Å². The summed E-state index contributed by atoms with van der Waals surface area (Å²) in [4.78, 5) is 23.7. The van der Waals surface area contributed by atoms with Crippen LogP contribution in [0, 0.1) is 11.3 Å². The van der Waals surface area contributed by atoms with Crippen LogP contribution < -0.4 is 20.7 Å². The van der Waals surface area contributed by atoms with Gasteiger partial charge in [-0.15, -0.1) is 0 Å². The van der Waals surface area contributed by atoms with Crippen LogP contribution in [0.25, 0.3) is 0 Å². The Bertz CT molecular complexity index is 858. The summed E-state index contributed by atoms with van der Waals surface area (Å²) in [6.07, 6.45) is 0. The summed E-state index contributed by atoms with van der Waals surface area (Å²) in [6.45, 7) is 3.11. The zero-order chi connectivity index (χ0) is 19.1. The standard InChI is InChI=1S/C19H20N4O3/c1-12(19(25)23-16-7-5-4-6-14(16)11-20)21-17-10-15(22-13(2)24)8-9-18(17)26-3/h4-10,12,21H,1-3H3,(H,22,24)(H,23,25)/t12-/m1/s1. The molecule has 0 unspecified atom stereocenters. The maximum Gasteiger partial charge on any atom is 0.246 e. The Hall–Kier alpha value is -3.53. The van der Waals surface area contributed by atoms with E-state index in [-0.39, 0.29) is 11.8 Å². The maximum atomic E-state index is 12.5. The highest BCUT2D eigenvalue weighted by Crippen LogP contribution is 2.28. The van der Waals surface area contributed by atoms with Gasteiger partial charge < -0.3 is 20.7 Å². The molecule has 7 heteroatoms. The van der Waals surface area contributed by atoms with Crippen LogP contribution >= 0.6 is 0 Å². The lowest BCUT2D eigenvalue weighted by atomic mass is 10.2. The number of carbonyl (C=O) groups excluding carboxylic acids is 2. The molecule has 2 aromatic carbocycles. The molecule has 0 bridgehead atoms. The van der Waals surface area contributed by atoms with Crippen LogP contribution in [-0.2, 0) is 9.59 Å². The van der Waals surface area contributed by atoms with Gasteiger partial charge in [-0.05, 0) is 37.3 Å². The van der Waals surface area contributed by atoms with Gasteiger partial charge in [-0.3, -0.25) is 9.59 Å². The predicted octanol–water partition coefficient (Wildman–Crippen LogP) is 2.96. The van der Waals surface area contributed by atoms with E-state index in [4.69, 9.17) is 10.00 Å². The van der Waals surface area contributed by atoms with Crippen molar-refractivity contribution < 1.29 is 14.3 Å². The predicted molar refractivity (Wildman–Crippen MR) is 100 cm³/mol. The quantitative estimate of drug-likeness (QED) is 0.741. The molecule has 2 aromatic rings. The number of hydrogen-bond donors (Lipinski definition) is 3. The maximum absolute atomic E-state index is 12.5. The molecule has 0 radical (unpaired) electrons. The van der Waals surface area contributed by atoms with Gasteiger partial charge in [0.2, 0.25) is 11.8 Å². The number of methoxy groups -OCH3 is 1. The number of para-hydroxylation sites is 1. The summed E-state index contributed by atoms with van der Waals surface area (Å²) < 4.78 is 5.29. The van der Waals surface area contributed by atoms with Gasteiger partial charge in [0.05, 0.1) is 24.0 Å². The van der Waals surface area contributed by atoms with E-state index >= 15 is 0 Å². The molecule has 3 N–H and O–H groups in total. The molecule has 0 heterocycles. The normalized spacial score (nSPS) is 11.0. The van der Waals surface area contributed by atoms with E-state index in [9.17, 15) is 9.59 Å². The molecule has 26 heavy (non-hydrogen) atoms. The number of hydrogen-bond acceptors (Lipinski definition) is 5. The Labute approximate surface area is 152 Å². The van der Waals surface area contributed by atoms with Crippen LogP contribution in [0.4, 0.5) is 17.1 Å². The van der Waals surface area contributed by atoms with Crippen LogP contribution in [0.5, 0.6) is 5.75 Å². The Morgan fingerprint density at radius 3 is 2.50 bits per heavy atom. The molecule has 0 aromatic heterocycles. The summed E-state index contributed by atoms with van der Waals surface area (Å²) in [7, 11) is 1.52. The van der Waals surface area contributed by atoms with E-state index in [0.29, 0.717) is 28.4 Å². The molecule has 0 aliphatic rings. The molecular formula is C19H20N4O3. The second-order valence-corrected chi connectivity index (χ2v) is 5.61. The van der Waals surface area contributed by atoms with Crippen LogP contribution in [0.3, 0.4) is 0 Å². The molecule has 0 fully saturated rings. The molecule has 0 aliphatic heterocycles. The third-order valence-corrected chi connectivity index (χ3v) is 3.59. The van der Waals surface area contributed by atoms with Crippen molar-refractivity contribution in [1.29, 1.82) is 5.26 Å². The van der Waals surface area contributed by atoms with Crippen LogP contribution in [0.2, 0.25) is 0 Å². The minimum atomic E-state index is -0.608. The minimum Gasteiger partial charge on any atom is -0.495 e. The first-order valence-electron chi connectivity index (χ1n) is 7.96. The van der Waals surface area contributed by atoms with Crippen LogP contribution in [0.15, 0.2) is 42.5 Å². The van der Waals surface area contributed by atoms with Crippen molar-refractivity contribution in [2.45, 2.75) is 19.9 Å². The van der Waals surface area contributed by atoms with Gasteiger partial charge in [0, 0.05) is 12.6 Å². The lowest BCUT2D eigenvalue weighted by molar-refractivity contribution is -0.116. The molecule has 1 atom stereocenters. The van der Waals surface area contributed by atoms with Crippen molar-refractivity contribution in [1.82, 2.24) is 0 Å². The molecule has 2 rings (SSSR count). The third kappa shape index (κ3) is 4.74. The largest absolute Gasteiger partial charge is 0.495 e. The van der Waals surface area contributed by atoms with Gasteiger partial charge in [-0.2, -0.15) is 5.26 Å². The monoisotopic (exact) mass is 352 g/mol. The second kappa shape index (κ2) is 8.53. The topological polar surface area (TPSA) is 103 Å². The molecule has 0 saturated carbocycles. The first-order valence-corrected chi connectivity index (χ1v) is 7.96. The van der Waals surface area contributed by atoms with Gasteiger partial charge in [0.1, 0.15) is 17.9 Å². The van der Waals surface area contributed by atoms with Crippen molar-refractivity contribution in [2.75, 3.05) is 23.1 Å². The van der Waals surface area contributed by atoms with E-state index in [0.717, 1.165) is 0 Å². The Morgan fingerprint density at radius 2 is 1.85 bits per heavy atom. The molecule has 0 saturated heterocycles. The Balaban J connectivity index is 2.15. The second-order valence-electron chi connectivity index (χ2n) is 5.61. The molecule has 7 nitrogen and oxygen atoms in total. The third-order valence-electron chi connectivity index (χ3n) is 3.59. The Kier molecular flexibility index (Phi) is 6.17. The fourth-order valence-electron chi connectivity index (χ4n) is 2.33. The lowest BCUT2D eigenvalue weighted by Gasteiger charge is -2.18. The van der Waals surface area contributed by atoms with Gasteiger partial charge in [-0.25, -0.2) is 0 Å². The van der Waals surface area contributed by atoms with Crippen molar-refractivity contribution in [2.24, 2.45) is 0 Å². The number of nitrogens with zero attached hydrogens (tertiary/aromatic N) is 1. The molecular weight excluding hydrogens is 332 g/mol. The van der Waals surface area contributed by atoms with E-state index in [2.05, 4.69) is 16.0 Å².